The van der Waals surface area contributed by atoms with Crippen LogP contribution in [0.4, 0.5) is 10.1 Å². The van der Waals surface area contributed by atoms with Crippen molar-refractivity contribution in [3.05, 3.63) is 72.4 Å². The molecule has 0 atom stereocenters. The van der Waals surface area contributed by atoms with Crippen LogP contribution in [0.1, 0.15) is 10.4 Å². The van der Waals surface area contributed by atoms with Crippen LogP contribution in [-0.2, 0) is 7.05 Å². The van der Waals surface area contributed by atoms with Crippen molar-refractivity contribution in [3.8, 4) is 22.6 Å². The lowest BCUT2D eigenvalue weighted by Crippen LogP contribution is -2.12. The van der Waals surface area contributed by atoms with Gasteiger partial charge in [0.05, 0.1) is 17.5 Å². The number of nitrogens with zero attached hydrogens (tertiary/aromatic N) is 4. The second-order valence-corrected chi connectivity index (χ2v) is 5.94. The summed E-state index contributed by atoms with van der Waals surface area (Å²) >= 11 is 0. The van der Waals surface area contributed by atoms with Crippen molar-refractivity contribution in [2.24, 2.45) is 7.05 Å². The van der Waals surface area contributed by atoms with Gasteiger partial charge in [-0.15, -0.1) is 0 Å². The number of carbonyl (C=O) groups excluding carboxylic acids is 1. The van der Waals surface area contributed by atoms with Crippen molar-refractivity contribution >= 4 is 11.6 Å². The van der Waals surface area contributed by atoms with Gasteiger partial charge in [-0.05, 0) is 36.4 Å². The van der Waals surface area contributed by atoms with Gasteiger partial charge in [0.15, 0.2) is 5.82 Å². The molecule has 0 spiro atoms. The van der Waals surface area contributed by atoms with Gasteiger partial charge in [0, 0.05) is 23.9 Å². The van der Waals surface area contributed by atoms with Crippen LogP contribution in [0.3, 0.4) is 0 Å². The molecule has 0 fully saturated rings. The zero-order chi connectivity index (χ0) is 18.8. The summed E-state index contributed by atoms with van der Waals surface area (Å²) in [5.41, 5.74) is 2.96. The summed E-state index contributed by atoms with van der Waals surface area (Å²) < 4.78 is 14.7. The molecule has 1 amide bonds. The second-order valence-electron chi connectivity index (χ2n) is 5.94. The minimum Gasteiger partial charge on any atom is -0.322 e. The zero-order valence-corrected chi connectivity index (χ0v) is 14.3. The molecule has 7 nitrogen and oxygen atoms in total. The molecule has 8 heteroatoms. The Morgan fingerprint density at radius 1 is 1.15 bits per heavy atom. The van der Waals surface area contributed by atoms with Gasteiger partial charge < -0.3 is 5.32 Å². The summed E-state index contributed by atoms with van der Waals surface area (Å²) in [6, 6.07) is 13.1. The van der Waals surface area contributed by atoms with Crippen LogP contribution >= 0.6 is 0 Å². The van der Waals surface area contributed by atoms with Crippen LogP contribution in [0.2, 0.25) is 0 Å². The molecule has 2 aromatic carbocycles. The van der Waals surface area contributed by atoms with Gasteiger partial charge in [0.25, 0.3) is 5.91 Å². The maximum Gasteiger partial charge on any atom is 0.259 e. The fourth-order valence-corrected chi connectivity index (χ4v) is 2.70. The summed E-state index contributed by atoms with van der Waals surface area (Å²) in [4.78, 5) is 16.9. The second kappa shape index (κ2) is 6.83. The minimum atomic E-state index is -0.343. The number of aromatic amines is 1. The number of hydrogen-bond donors (Lipinski definition) is 2. The van der Waals surface area contributed by atoms with Crippen molar-refractivity contribution < 1.29 is 9.18 Å². The fourth-order valence-electron chi connectivity index (χ4n) is 2.70. The number of amides is 1. The molecule has 0 aliphatic carbocycles. The zero-order valence-electron chi connectivity index (χ0n) is 14.3. The normalized spacial score (nSPS) is 10.7. The van der Waals surface area contributed by atoms with Gasteiger partial charge in [-0.2, -0.15) is 10.2 Å². The summed E-state index contributed by atoms with van der Waals surface area (Å²) in [6.45, 7) is 0. The number of carbonyl (C=O) groups is 1. The first-order chi connectivity index (χ1) is 13.1. The van der Waals surface area contributed by atoms with E-state index in [1.54, 1.807) is 42.3 Å². The van der Waals surface area contributed by atoms with E-state index in [0.717, 1.165) is 5.56 Å². The number of hydrogen-bond acceptors (Lipinski definition) is 4. The van der Waals surface area contributed by atoms with E-state index in [1.807, 2.05) is 12.1 Å². The van der Waals surface area contributed by atoms with Crippen LogP contribution in [-0.4, -0.2) is 30.9 Å². The van der Waals surface area contributed by atoms with E-state index >= 15 is 0 Å². The van der Waals surface area contributed by atoms with Gasteiger partial charge in [-0.25, -0.2) is 9.37 Å². The minimum absolute atomic E-state index is 0.325. The van der Waals surface area contributed by atoms with E-state index in [9.17, 15) is 9.18 Å². The average Bonchev–Trinajstić information content (AvgIpc) is 3.32. The van der Waals surface area contributed by atoms with E-state index in [-0.39, 0.29) is 11.7 Å². The molecule has 4 aromatic rings. The first kappa shape index (κ1) is 16.6. The first-order valence-corrected chi connectivity index (χ1v) is 8.17. The predicted molar refractivity (Wildman–Crippen MR) is 98.4 cm³/mol. The quantitative estimate of drug-likeness (QED) is 0.583. The van der Waals surface area contributed by atoms with E-state index in [0.29, 0.717) is 28.3 Å². The number of aryl methyl sites for hydroxylation is 1. The van der Waals surface area contributed by atoms with E-state index in [2.05, 4.69) is 25.6 Å². The molecule has 2 N–H and O–H groups in total. The third-order valence-corrected chi connectivity index (χ3v) is 4.00. The highest BCUT2D eigenvalue weighted by molar-refractivity contribution is 6.08. The van der Waals surface area contributed by atoms with Crippen molar-refractivity contribution in [1.29, 1.82) is 0 Å². The smallest absolute Gasteiger partial charge is 0.259 e. The highest BCUT2D eigenvalue weighted by atomic mass is 19.1. The molecule has 27 heavy (non-hydrogen) atoms. The number of anilines is 1. The molecule has 2 heterocycles. The van der Waals surface area contributed by atoms with E-state index < -0.39 is 0 Å². The van der Waals surface area contributed by atoms with Gasteiger partial charge in [0.2, 0.25) is 0 Å². The van der Waals surface area contributed by atoms with Gasteiger partial charge >= 0.3 is 0 Å². The highest BCUT2D eigenvalue weighted by Crippen LogP contribution is 2.24. The predicted octanol–water partition coefficient (Wildman–Crippen LogP) is 3.26. The van der Waals surface area contributed by atoms with Gasteiger partial charge in [-0.1, -0.05) is 12.1 Å². The van der Waals surface area contributed by atoms with Crippen LogP contribution < -0.4 is 5.32 Å². The Kier molecular flexibility index (Phi) is 4.21. The molecular formula is C19H15FN6O. The highest BCUT2D eigenvalue weighted by Gasteiger charge is 2.16. The Hall–Kier alpha value is -3.81. The number of H-pyrrole nitrogens is 1. The van der Waals surface area contributed by atoms with Crippen LogP contribution in [0, 0.1) is 5.82 Å². The lowest BCUT2D eigenvalue weighted by Gasteiger charge is -2.07. The first-order valence-electron chi connectivity index (χ1n) is 8.17. The topological polar surface area (TPSA) is 88.5 Å². The summed E-state index contributed by atoms with van der Waals surface area (Å²) in [5, 5.41) is 13.8. The van der Waals surface area contributed by atoms with E-state index in [1.165, 1.54) is 18.3 Å². The Labute approximate surface area is 153 Å². The molecule has 0 saturated heterocycles. The molecule has 0 aliphatic rings. The molecule has 0 saturated carbocycles. The SMILES string of the molecule is Cn1cnc(-c2cccc(NC(=O)c3cn[nH]c3-c3ccc(F)cc3)c2)n1. The lowest BCUT2D eigenvalue weighted by atomic mass is 10.1. The third-order valence-electron chi connectivity index (χ3n) is 4.00. The molecule has 134 valence electrons. The summed E-state index contributed by atoms with van der Waals surface area (Å²) in [6.07, 6.45) is 3.05. The molecule has 0 unspecified atom stereocenters. The maximum atomic E-state index is 13.1. The molecule has 0 radical (unpaired) electrons. The fraction of sp³-hybridized carbons (Fsp3) is 0.0526. The van der Waals surface area contributed by atoms with Crippen LogP contribution in [0.25, 0.3) is 22.6 Å². The van der Waals surface area contributed by atoms with Crippen molar-refractivity contribution in [2.75, 3.05) is 5.32 Å². The molecular weight excluding hydrogens is 347 g/mol. The van der Waals surface area contributed by atoms with Crippen molar-refractivity contribution in [3.63, 3.8) is 0 Å². The van der Waals surface area contributed by atoms with Crippen LogP contribution in [0.15, 0.2) is 61.1 Å². The number of nitrogens with one attached hydrogen (secondary N) is 2. The van der Waals surface area contributed by atoms with Gasteiger partial charge in [0.1, 0.15) is 12.1 Å². The monoisotopic (exact) mass is 362 g/mol. The van der Waals surface area contributed by atoms with Gasteiger partial charge in [-0.3, -0.25) is 14.6 Å². The maximum absolute atomic E-state index is 13.1. The van der Waals surface area contributed by atoms with Crippen molar-refractivity contribution in [2.45, 2.75) is 0 Å². The lowest BCUT2D eigenvalue weighted by molar-refractivity contribution is 0.102. The van der Waals surface area contributed by atoms with E-state index in [4.69, 9.17) is 0 Å². The average molecular weight is 362 g/mol. The largest absolute Gasteiger partial charge is 0.322 e. The Morgan fingerprint density at radius 2 is 1.96 bits per heavy atom. The number of aromatic nitrogens is 5. The Balaban J connectivity index is 1.59. The number of rotatable bonds is 4. The number of benzene rings is 2. The van der Waals surface area contributed by atoms with Crippen molar-refractivity contribution in [1.82, 2.24) is 25.0 Å². The van der Waals surface area contributed by atoms with Crippen LogP contribution in [0.5, 0.6) is 0 Å². The summed E-state index contributed by atoms with van der Waals surface area (Å²) in [7, 11) is 1.79. The molecule has 0 aliphatic heterocycles. The standard InChI is InChI=1S/C19H15FN6O/c1-26-11-21-18(25-26)13-3-2-4-15(9-13)23-19(27)16-10-22-24-17(16)12-5-7-14(20)8-6-12/h2-11H,1H3,(H,22,24)(H,23,27). The Bertz CT molecular complexity index is 1100. The Morgan fingerprint density at radius 3 is 2.70 bits per heavy atom. The molecule has 0 bridgehead atoms. The molecule has 2 aromatic heterocycles. The molecule has 4 rings (SSSR count). The summed E-state index contributed by atoms with van der Waals surface area (Å²) in [5.74, 6) is -0.0951. The third kappa shape index (κ3) is 3.45. The number of halogens is 1.